The van der Waals surface area contributed by atoms with Crippen molar-refractivity contribution in [2.75, 3.05) is 5.32 Å². The van der Waals surface area contributed by atoms with Gasteiger partial charge in [0.25, 0.3) is 0 Å². The maximum Gasteiger partial charge on any atom is 0.128 e. The Balaban J connectivity index is 2.18. The minimum Gasteiger partial charge on any atom is -0.378 e. The fourth-order valence-corrected chi connectivity index (χ4v) is 2.46. The number of hydrogen-bond donors (Lipinski definition) is 1. The van der Waals surface area contributed by atoms with Crippen molar-refractivity contribution in [3.8, 4) is 0 Å². The lowest BCUT2D eigenvalue weighted by Crippen LogP contribution is -2.08. The molecule has 0 saturated heterocycles. The van der Waals surface area contributed by atoms with E-state index in [1.54, 1.807) is 12.1 Å². The second kappa shape index (κ2) is 6.02. The molecule has 0 spiro atoms. The highest BCUT2D eigenvalue weighted by atomic mass is 127. The topological polar surface area (TPSA) is 12.0 Å². The molecule has 18 heavy (non-hydrogen) atoms. The van der Waals surface area contributed by atoms with Crippen LogP contribution in [0.25, 0.3) is 0 Å². The summed E-state index contributed by atoms with van der Waals surface area (Å²) in [4.78, 5) is 0. The highest BCUT2D eigenvalue weighted by molar-refractivity contribution is 14.1. The molecule has 0 aliphatic carbocycles. The molecule has 1 unspecified atom stereocenters. The lowest BCUT2D eigenvalue weighted by molar-refractivity contribution is 0.600. The zero-order chi connectivity index (χ0) is 13.1. The lowest BCUT2D eigenvalue weighted by Gasteiger charge is -2.16. The lowest BCUT2D eigenvalue weighted by atomic mass is 10.1. The quantitative estimate of drug-likeness (QED) is 0.660. The van der Waals surface area contributed by atoms with Crippen LogP contribution in [0.4, 0.5) is 10.1 Å². The van der Waals surface area contributed by atoms with E-state index in [1.807, 2.05) is 31.2 Å². The van der Waals surface area contributed by atoms with Crippen LogP contribution in [0.1, 0.15) is 18.5 Å². The zero-order valence-corrected chi connectivity index (χ0v) is 13.5. The van der Waals surface area contributed by atoms with E-state index in [2.05, 4.69) is 43.8 Å². The molecular formula is C14H12BrFIN. The Morgan fingerprint density at radius 2 is 1.83 bits per heavy atom. The van der Waals surface area contributed by atoms with E-state index in [0.29, 0.717) is 5.56 Å². The summed E-state index contributed by atoms with van der Waals surface area (Å²) in [7, 11) is 0. The first-order valence-electron chi connectivity index (χ1n) is 5.53. The molecule has 2 aromatic rings. The van der Waals surface area contributed by atoms with Gasteiger partial charge in [0.15, 0.2) is 0 Å². The molecule has 2 aromatic carbocycles. The first kappa shape index (κ1) is 13.8. The zero-order valence-electron chi connectivity index (χ0n) is 9.75. The van der Waals surface area contributed by atoms with Gasteiger partial charge < -0.3 is 5.32 Å². The van der Waals surface area contributed by atoms with E-state index >= 15 is 0 Å². The molecule has 0 aliphatic rings. The van der Waals surface area contributed by atoms with Crippen LogP contribution in [0.15, 0.2) is 46.9 Å². The Bertz CT molecular complexity index is 542. The summed E-state index contributed by atoms with van der Waals surface area (Å²) in [5.74, 6) is -0.191. The molecule has 4 heteroatoms. The normalized spacial score (nSPS) is 12.2. The number of anilines is 1. The van der Waals surface area contributed by atoms with Crippen molar-refractivity contribution in [3.05, 3.63) is 61.9 Å². The molecule has 94 valence electrons. The van der Waals surface area contributed by atoms with Crippen molar-refractivity contribution in [3.63, 3.8) is 0 Å². The number of rotatable bonds is 3. The van der Waals surface area contributed by atoms with Crippen LogP contribution in [-0.2, 0) is 0 Å². The minimum absolute atomic E-state index is 0.0810. The third-order valence-electron chi connectivity index (χ3n) is 2.65. The summed E-state index contributed by atoms with van der Waals surface area (Å²) in [5, 5.41) is 3.29. The van der Waals surface area contributed by atoms with E-state index in [1.165, 1.54) is 9.64 Å². The predicted octanol–water partition coefficient (Wildman–Crippen LogP) is 5.37. The van der Waals surface area contributed by atoms with E-state index in [0.717, 1.165) is 10.2 Å². The largest absolute Gasteiger partial charge is 0.378 e. The first-order valence-corrected chi connectivity index (χ1v) is 7.40. The van der Waals surface area contributed by atoms with Crippen molar-refractivity contribution in [1.29, 1.82) is 0 Å². The molecule has 0 amide bonds. The summed E-state index contributed by atoms with van der Waals surface area (Å²) >= 11 is 5.62. The van der Waals surface area contributed by atoms with Gasteiger partial charge in [0.2, 0.25) is 0 Å². The average molecular weight is 420 g/mol. The third-order valence-corrected chi connectivity index (χ3v) is 3.86. The van der Waals surface area contributed by atoms with E-state index in [9.17, 15) is 4.39 Å². The monoisotopic (exact) mass is 419 g/mol. The van der Waals surface area contributed by atoms with Crippen molar-refractivity contribution < 1.29 is 4.39 Å². The Morgan fingerprint density at radius 3 is 2.50 bits per heavy atom. The second-order valence-electron chi connectivity index (χ2n) is 4.04. The molecule has 0 fully saturated rings. The Kier molecular flexibility index (Phi) is 4.61. The summed E-state index contributed by atoms with van der Waals surface area (Å²) in [6.45, 7) is 1.95. The standard InChI is InChI=1S/C14H12BrFIN/c1-9(13-8-10(15)2-7-14(13)16)18-12-5-3-11(17)4-6-12/h2-9,18H,1H3. The van der Waals surface area contributed by atoms with Crippen LogP contribution in [0.5, 0.6) is 0 Å². The molecule has 2 rings (SSSR count). The smallest absolute Gasteiger partial charge is 0.128 e. The number of benzene rings is 2. The van der Waals surface area contributed by atoms with Crippen molar-refractivity contribution in [2.24, 2.45) is 0 Å². The van der Waals surface area contributed by atoms with Crippen LogP contribution < -0.4 is 5.32 Å². The molecule has 0 aromatic heterocycles. The van der Waals surface area contributed by atoms with Crippen molar-refractivity contribution in [2.45, 2.75) is 13.0 Å². The third kappa shape index (κ3) is 3.45. The van der Waals surface area contributed by atoms with Gasteiger partial charge in [0, 0.05) is 19.3 Å². The van der Waals surface area contributed by atoms with Gasteiger partial charge in [-0.1, -0.05) is 15.9 Å². The van der Waals surface area contributed by atoms with Gasteiger partial charge in [-0.05, 0) is 72.0 Å². The molecule has 0 bridgehead atoms. The van der Waals surface area contributed by atoms with Gasteiger partial charge in [-0.25, -0.2) is 4.39 Å². The summed E-state index contributed by atoms with van der Waals surface area (Å²) < 4.78 is 15.8. The van der Waals surface area contributed by atoms with Gasteiger partial charge in [0.05, 0.1) is 6.04 Å². The Morgan fingerprint density at radius 1 is 1.17 bits per heavy atom. The second-order valence-corrected chi connectivity index (χ2v) is 6.20. The highest BCUT2D eigenvalue weighted by Gasteiger charge is 2.11. The summed E-state index contributed by atoms with van der Waals surface area (Å²) in [5.41, 5.74) is 1.64. The van der Waals surface area contributed by atoms with Gasteiger partial charge in [-0.15, -0.1) is 0 Å². The van der Waals surface area contributed by atoms with Gasteiger partial charge in [0.1, 0.15) is 5.82 Å². The minimum atomic E-state index is -0.191. The van der Waals surface area contributed by atoms with Gasteiger partial charge >= 0.3 is 0 Å². The first-order chi connectivity index (χ1) is 8.56. The molecule has 0 aliphatic heterocycles. The maximum absolute atomic E-state index is 13.7. The molecule has 1 atom stereocenters. The highest BCUT2D eigenvalue weighted by Crippen LogP contribution is 2.25. The fourth-order valence-electron chi connectivity index (χ4n) is 1.72. The SMILES string of the molecule is CC(Nc1ccc(I)cc1)c1cc(Br)ccc1F. The van der Waals surface area contributed by atoms with Crippen LogP contribution in [0.2, 0.25) is 0 Å². The predicted molar refractivity (Wildman–Crippen MR) is 85.3 cm³/mol. The van der Waals surface area contributed by atoms with Crippen LogP contribution in [0, 0.1) is 9.39 Å². The number of halogens is 3. The molecule has 0 heterocycles. The molecule has 1 N–H and O–H groups in total. The Hall–Kier alpha value is -0.620. The van der Waals surface area contributed by atoms with Crippen LogP contribution in [0.3, 0.4) is 0 Å². The Labute approximate surface area is 128 Å². The van der Waals surface area contributed by atoms with Gasteiger partial charge in [-0.2, -0.15) is 0 Å². The number of nitrogens with one attached hydrogen (secondary N) is 1. The van der Waals surface area contributed by atoms with E-state index < -0.39 is 0 Å². The maximum atomic E-state index is 13.7. The molecule has 1 nitrogen and oxygen atoms in total. The van der Waals surface area contributed by atoms with E-state index in [4.69, 9.17) is 0 Å². The fraction of sp³-hybridized carbons (Fsp3) is 0.143. The average Bonchev–Trinajstić information content (AvgIpc) is 2.35. The summed E-state index contributed by atoms with van der Waals surface area (Å²) in [6, 6.07) is 12.9. The van der Waals surface area contributed by atoms with Crippen molar-refractivity contribution >= 4 is 44.2 Å². The van der Waals surface area contributed by atoms with Crippen molar-refractivity contribution in [1.82, 2.24) is 0 Å². The molecule has 0 saturated carbocycles. The van der Waals surface area contributed by atoms with Crippen LogP contribution >= 0.6 is 38.5 Å². The summed E-state index contributed by atoms with van der Waals surface area (Å²) in [6.07, 6.45) is 0. The van der Waals surface area contributed by atoms with Gasteiger partial charge in [-0.3, -0.25) is 0 Å². The van der Waals surface area contributed by atoms with E-state index in [-0.39, 0.29) is 11.9 Å². The number of hydrogen-bond acceptors (Lipinski definition) is 1. The molecule has 0 radical (unpaired) electrons. The molecular weight excluding hydrogens is 408 g/mol. The van der Waals surface area contributed by atoms with Crippen LogP contribution in [-0.4, -0.2) is 0 Å².